The van der Waals surface area contributed by atoms with Crippen molar-refractivity contribution >= 4 is 23.2 Å². The average Bonchev–Trinajstić information content (AvgIpc) is 2.28. The van der Waals surface area contributed by atoms with E-state index in [-0.39, 0.29) is 6.61 Å². The van der Waals surface area contributed by atoms with E-state index in [9.17, 15) is 5.11 Å². The zero-order valence-corrected chi connectivity index (χ0v) is 12.2. The fraction of sp³-hybridized carbons (Fsp3) is 0.538. The van der Waals surface area contributed by atoms with Crippen LogP contribution < -0.4 is 10.1 Å². The number of rotatable bonds is 7. The summed E-state index contributed by atoms with van der Waals surface area (Å²) in [4.78, 5) is 0. The Kier molecular flexibility index (Phi) is 6.22. The first-order valence-electron chi connectivity index (χ1n) is 5.95. The second kappa shape index (κ2) is 7.19. The quantitative estimate of drug-likeness (QED) is 0.759. The minimum Gasteiger partial charge on any atom is -0.489 e. The summed E-state index contributed by atoms with van der Waals surface area (Å²) in [6.07, 6.45) is 1.03. The van der Waals surface area contributed by atoms with Gasteiger partial charge in [-0.05, 0) is 38.1 Å². The summed E-state index contributed by atoms with van der Waals surface area (Å²) in [5, 5.41) is 14.2. The summed E-state index contributed by atoms with van der Waals surface area (Å²) in [7, 11) is 0. The minimum atomic E-state index is -0.932. The van der Waals surface area contributed by atoms with Crippen molar-refractivity contribution in [3.63, 3.8) is 0 Å². The highest BCUT2D eigenvalue weighted by atomic mass is 35.5. The largest absolute Gasteiger partial charge is 0.489 e. The number of hydrogen-bond donors (Lipinski definition) is 2. The Morgan fingerprint density at radius 2 is 2.11 bits per heavy atom. The van der Waals surface area contributed by atoms with Gasteiger partial charge in [-0.2, -0.15) is 0 Å². The zero-order chi connectivity index (χ0) is 13.6. The maximum Gasteiger partial charge on any atom is 0.138 e. The van der Waals surface area contributed by atoms with Crippen molar-refractivity contribution in [2.24, 2.45) is 0 Å². The van der Waals surface area contributed by atoms with Crippen LogP contribution in [-0.4, -0.2) is 30.4 Å². The molecule has 2 N–H and O–H groups in total. The van der Waals surface area contributed by atoms with Crippen molar-refractivity contribution in [1.82, 2.24) is 5.32 Å². The Morgan fingerprint density at radius 1 is 1.39 bits per heavy atom. The maximum absolute atomic E-state index is 10.1. The van der Waals surface area contributed by atoms with Crippen LogP contribution in [0.3, 0.4) is 0 Å². The van der Waals surface area contributed by atoms with Gasteiger partial charge in [-0.1, -0.05) is 30.1 Å². The van der Waals surface area contributed by atoms with Crippen LogP contribution in [0.1, 0.15) is 20.3 Å². The lowest BCUT2D eigenvalue weighted by molar-refractivity contribution is 0.0125. The van der Waals surface area contributed by atoms with E-state index in [1.54, 1.807) is 25.1 Å². The molecule has 0 bridgehead atoms. The molecule has 0 aliphatic rings. The molecule has 18 heavy (non-hydrogen) atoms. The van der Waals surface area contributed by atoms with Crippen LogP contribution in [0.2, 0.25) is 10.0 Å². The molecule has 0 aliphatic carbocycles. The summed E-state index contributed by atoms with van der Waals surface area (Å²) in [5.41, 5.74) is -0.932. The molecule has 1 unspecified atom stereocenters. The Morgan fingerprint density at radius 3 is 2.72 bits per heavy atom. The van der Waals surface area contributed by atoms with E-state index in [0.717, 1.165) is 13.0 Å². The van der Waals surface area contributed by atoms with Crippen LogP contribution in [-0.2, 0) is 0 Å². The van der Waals surface area contributed by atoms with Crippen molar-refractivity contribution in [2.45, 2.75) is 25.9 Å². The third-order valence-electron chi connectivity index (χ3n) is 2.37. The first-order valence-corrected chi connectivity index (χ1v) is 6.71. The van der Waals surface area contributed by atoms with Gasteiger partial charge in [0, 0.05) is 11.6 Å². The van der Waals surface area contributed by atoms with Gasteiger partial charge in [0.15, 0.2) is 0 Å². The Bertz CT molecular complexity index is 383. The van der Waals surface area contributed by atoms with Crippen LogP contribution in [0.15, 0.2) is 18.2 Å². The molecule has 0 aromatic heterocycles. The molecule has 0 saturated carbocycles. The molecule has 0 radical (unpaired) electrons. The molecule has 0 heterocycles. The van der Waals surface area contributed by atoms with Crippen LogP contribution in [0.5, 0.6) is 5.75 Å². The Balaban J connectivity index is 2.48. The van der Waals surface area contributed by atoms with Crippen molar-refractivity contribution in [1.29, 1.82) is 0 Å². The fourth-order valence-corrected chi connectivity index (χ4v) is 1.87. The zero-order valence-electron chi connectivity index (χ0n) is 10.7. The Labute approximate surface area is 118 Å². The first kappa shape index (κ1) is 15.6. The van der Waals surface area contributed by atoms with E-state index >= 15 is 0 Å². The molecule has 0 aliphatic heterocycles. The molecule has 0 saturated heterocycles. The highest BCUT2D eigenvalue weighted by Gasteiger charge is 2.21. The maximum atomic E-state index is 10.1. The number of hydrogen-bond acceptors (Lipinski definition) is 3. The highest BCUT2D eigenvalue weighted by molar-refractivity contribution is 6.35. The number of nitrogens with one attached hydrogen (secondary N) is 1. The number of aliphatic hydroxyl groups is 1. The molecule has 1 aromatic rings. The first-order chi connectivity index (χ1) is 8.44. The van der Waals surface area contributed by atoms with Gasteiger partial charge in [0.05, 0.1) is 5.02 Å². The molecule has 1 rings (SSSR count). The van der Waals surface area contributed by atoms with Crippen LogP contribution in [0, 0.1) is 0 Å². The van der Waals surface area contributed by atoms with E-state index in [4.69, 9.17) is 27.9 Å². The smallest absolute Gasteiger partial charge is 0.138 e. The van der Waals surface area contributed by atoms with Gasteiger partial charge in [-0.3, -0.25) is 0 Å². The summed E-state index contributed by atoms with van der Waals surface area (Å²) >= 11 is 11.8. The SMILES string of the molecule is CCCNCC(C)(O)COc1ccc(Cl)cc1Cl. The third-order valence-corrected chi connectivity index (χ3v) is 2.90. The predicted octanol–water partition coefficient (Wildman–Crippen LogP) is 3.12. The second-order valence-corrected chi connectivity index (χ2v) is 5.38. The van der Waals surface area contributed by atoms with Gasteiger partial charge < -0.3 is 15.2 Å². The lowest BCUT2D eigenvalue weighted by atomic mass is 10.1. The fourth-order valence-electron chi connectivity index (χ4n) is 1.41. The molecular formula is C13H19Cl2NO2. The van der Waals surface area contributed by atoms with Gasteiger partial charge >= 0.3 is 0 Å². The summed E-state index contributed by atoms with van der Waals surface area (Å²) < 4.78 is 5.51. The molecule has 1 atom stereocenters. The molecule has 102 valence electrons. The lowest BCUT2D eigenvalue weighted by Gasteiger charge is -2.24. The van der Waals surface area contributed by atoms with E-state index in [1.165, 1.54) is 0 Å². The van der Waals surface area contributed by atoms with Crippen molar-refractivity contribution in [3.8, 4) is 5.75 Å². The molecule has 0 amide bonds. The van der Waals surface area contributed by atoms with Crippen LogP contribution in [0.4, 0.5) is 0 Å². The predicted molar refractivity (Wildman–Crippen MR) is 75.7 cm³/mol. The van der Waals surface area contributed by atoms with Gasteiger partial charge in [0.1, 0.15) is 18.0 Å². The second-order valence-electron chi connectivity index (χ2n) is 4.54. The van der Waals surface area contributed by atoms with E-state index in [2.05, 4.69) is 12.2 Å². The number of halogens is 2. The molecule has 1 aromatic carbocycles. The molecule has 0 spiro atoms. The summed E-state index contributed by atoms with van der Waals surface area (Å²) in [6.45, 7) is 5.32. The van der Waals surface area contributed by atoms with Crippen LogP contribution in [0.25, 0.3) is 0 Å². The van der Waals surface area contributed by atoms with Gasteiger partial charge in [-0.25, -0.2) is 0 Å². The minimum absolute atomic E-state index is 0.172. The molecule has 0 fully saturated rings. The molecule has 3 nitrogen and oxygen atoms in total. The van der Waals surface area contributed by atoms with E-state index < -0.39 is 5.60 Å². The van der Waals surface area contributed by atoms with Crippen molar-refractivity contribution in [2.75, 3.05) is 19.7 Å². The van der Waals surface area contributed by atoms with Crippen molar-refractivity contribution in [3.05, 3.63) is 28.2 Å². The average molecular weight is 292 g/mol. The topological polar surface area (TPSA) is 41.5 Å². The molecular weight excluding hydrogens is 273 g/mol. The van der Waals surface area contributed by atoms with E-state index in [1.807, 2.05) is 0 Å². The monoisotopic (exact) mass is 291 g/mol. The summed E-state index contributed by atoms with van der Waals surface area (Å²) in [5.74, 6) is 0.525. The van der Waals surface area contributed by atoms with Crippen molar-refractivity contribution < 1.29 is 9.84 Å². The third kappa shape index (κ3) is 5.44. The molecule has 5 heteroatoms. The Hall–Kier alpha value is -0.480. The van der Waals surface area contributed by atoms with Gasteiger partial charge in [0.2, 0.25) is 0 Å². The standard InChI is InChI=1S/C13H19Cl2NO2/c1-3-6-16-8-13(2,17)9-18-12-5-4-10(14)7-11(12)15/h4-5,7,16-17H,3,6,8-9H2,1-2H3. The number of ether oxygens (including phenoxy) is 1. The van der Waals surface area contributed by atoms with Crippen LogP contribution >= 0.6 is 23.2 Å². The summed E-state index contributed by atoms with van der Waals surface area (Å²) in [6, 6.07) is 5.01. The normalized spacial score (nSPS) is 14.3. The van der Waals surface area contributed by atoms with Gasteiger partial charge in [0.25, 0.3) is 0 Å². The number of benzene rings is 1. The van der Waals surface area contributed by atoms with Gasteiger partial charge in [-0.15, -0.1) is 0 Å². The highest BCUT2D eigenvalue weighted by Crippen LogP contribution is 2.28. The van der Waals surface area contributed by atoms with E-state index in [0.29, 0.717) is 22.3 Å². The lowest BCUT2D eigenvalue weighted by Crippen LogP contribution is -2.43.